The molecular weight excluding hydrogens is 109 g/mol. The summed E-state index contributed by atoms with van der Waals surface area (Å²) in [4.78, 5) is 0. The van der Waals surface area contributed by atoms with Crippen molar-refractivity contribution in [1.29, 1.82) is 0 Å². The molecule has 3 heteroatoms. The summed E-state index contributed by atoms with van der Waals surface area (Å²) in [7, 11) is 0. The average Bonchev–Trinajstić information content (AvgIpc) is 1.87. The highest BCUT2D eigenvalue weighted by atomic mass is 19.1. The third-order valence-corrected chi connectivity index (χ3v) is 1.20. The van der Waals surface area contributed by atoms with Crippen LogP contribution in [0.4, 0.5) is 4.39 Å². The second-order valence-electron chi connectivity index (χ2n) is 2.31. The van der Waals surface area contributed by atoms with Crippen molar-refractivity contribution in [2.75, 3.05) is 19.8 Å². The monoisotopic (exact) mass is 121 g/mol. The van der Waals surface area contributed by atoms with Gasteiger partial charge >= 0.3 is 0 Å². The van der Waals surface area contributed by atoms with Crippen molar-refractivity contribution in [3.63, 3.8) is 0 Å². The van der Waals surface area contributed by atoms with E-state index in [1.54, 1.807) is 6.92 Å². The summed E-state index contributed by atoms with van der Waals surface area (Å²) < 4.78 is 11.8. The first-order valence-corrected chi connectivity index (χ1v) is 2.55. The smallest absolute Gasteiger partial charge is 0.0982 e. The lowest BCUT2D eigenvalue weighted by Crippen LogP contribution is -2.32. The molecule has 0 saturated heterocycles. The van der Waals surface area contributed by atoms with Gasteiger partial charge in [-0.25, -0.2) is 0 Å². The summed E-state index contributed by atoms with van der Waals surface area (Å²) in [6.45, 7) is 1.06. The Morgan fingerprint density at radius 2 is 2.25 bits per heavy atom. The number of alkyl halides is 1. The van der Waals surface area contributed by atoms with Crippen LogP contribution >= 0.6 is 0 Å². The molecule has 0 aromatic carbocycles. The van der Waals surface area contributed by atoms with Gasteiger partial charge in [0.25, 0.3) is 0 Å². The van der Waals surface area contributed by atoms with E-state index in [1.807, 2.05) is 0 Å². The average molecular weight is 121 g/mol. The van der Waals surface area contributed by atoms with Crippen molar-refractivity contribution in [1.82, 2.24) is 0 Å². The van der Waals surface area contributed by atoms with Gasteiger partial charge < -0.3 is 10.8 Å². The lowest BCUT2D eigenvalue weighted by Gasteiger charge is -2.19. The normalized spacial score (nSPS) is 18.0. The second kappa shape index (κ2) is 2.99. The standard InChI is InChI=1S/C5H12FNO/c1-5(2-6,3-7)4-8/h8H,2-4,7H2,1H3. The van der Waals surface area contributed by atoms with Crippen molar-refractivity contribution < 1.29 is 9.50 Å². The molecular formula is C5H12FNO. The quantitative estimate of drug-likeness (QED) is 0.548. The molecule has 2 nitrogen and oxygen atoms in total. The van der Waals surface area contributed by atoms with Gasteiger partial charge in [-0.3, -0.25) is 4.39 Å². The lowest BCUT2D eigenvalue weighted by atomic mass is 9.94. The maximum absolute atomic E-state index is 11.8. The number of hydrogen-bond donors (Lipinski definition) is 2. The Hall–Kier alpha value is -0.150. The topological polar surface area (TPSA) is 46.2 Å². The van der Waals surface area contributed by atoms with E-state index >= 15 is 0 Å². The van der Waals surface area contributed by atoms with E-state index < -0.39 is 12.1 Å². The van der Waals surface area contributed by atoms with Crippen LogP contribution in [0.3, 0.4) is 0 Å². The molecule has 50 valence electrons. The van der Waals surface area contributed by atoms with Gasteiger partial charge in [0.1, 0.15) is 0 Å². The van der Waals surface area contributed by atoms with Gasteiger partial charge in [0.15, 0.2) is 0 Å². The summed E-state index contributed by atoms with van der Waals surface area (Å²) in [6.07, 6.45) is 0. The van der Waals surface area contributed by atoms with Gasteiger partial charge in [-0.2, -0.15) is 0 Å². The molecule has 0 radical (unpaired) electrons. The molecule has 0 saturated carbocycles. The molecule has 0 fully saturated rings. The molecule has 0 aromatic heterocycles. The van der Waals surface area contributed by atoms with Crippen LogP contribution in [0.1, 0.15) is 6.92 Å². The van der Waals surface area contributed by atoms with Crippen molar-refractivity contribution in [3.05, 3.63) is 0 Å². The molecule has 0 amide bonds. The van der Waals surface area contributed by atoms with Crippen LogP contribution in [-0.2, 0) is 0 Å². The minimum Gasteiger partial charge on any atom is -0.396 e. The Labute approximate surface area is 48.5 Å². The lowest BCUT2D eigenvalue weighted by molar-refractivity contribution is 0.118. The number of halogens is 1. The number of nitrogens with two attached hydrogens (primary N) is 1. The fourth-order valence-electron chi connectivity index (χ4n) is 0.161. The Morgan fingerprint density at radius 1 is 1.75 bits per heavy atom. The summed E-state index contributed by atoms with van der Waals surface area (Å²) in [5.41, 5.74) is 4.42. The zero-order valence-corrected chi connectivity index (χ0v) is 5.02. The first kappa shape index (κ1) is 7.85. The second-order valence-corrected chi connectivity index (χ2v) is 2.31. The van der Waals surface area contributed by atoms with Crippen LogP contribution in [-0.4, -0.2) is 24.9 Å². The molecule has 8 heavy (non-hydrogen) atoms. The van der Waals surface area contributed by atoms with Gasteiger partial charge in [-0.15, -0.1) is 0 Å². The van der Waals surface area contributed by atoms with Crippen molar-refractivity contribution in [3.8, 4) is 0 Å². The van der Waals surface area contributed by atoms with Crippen molar-refractivity contribution in [2.24, 2.45) is 11.1 Å². The Kier molecular flexibility index (Phi) is 2.94. The summed E-state index contributed by atoms with van der Waals surface area (Å²) in [6, 6.07) is 0. The van der Waals surface area contributed by atoms with Crippen LogP contribution < -0.4 is 5.73 Å². The van der Waals surface area contributed by atoms with Crippen LogP contribution in [0.15, 0.2) is 0 Å². The predicted octanol–water partition coefficient (Wildman–Crippen LogP) is -0.0868. The van der Waals surface area contributed by atoms with Gasteiger partial charge in [0, 0.05) is 12.0 Å². The highest BCUT2D eigenvalue weighted by Gasteiger charge is 2.20. The highest BCUT2D eigenvalue weighted by Crippen LogP contribution is 2.12. The van der Waals surface area contributed by atoms with Crippen LogP contribution in [0, 0.1) is 5.41 Å². The van der Waals surface area contributed by atoms with E-state index in [0.29, 0.717) is 0 Å². The molecule has 0 rings (SSSR count). The Balaban J connectivity index is 3.58. The van der Waals surface area contributed by atoms with Gasteiger partial charge in [0.2, 0.25) is 0 Å². The molecule has 0 aliphatic carbocycles. The third kappa shape index (κ3) is 1.76. The van der Waals surface area contributed by atoms with Crippen LogP contribution in [0.25, 0.3) is 0 Å². The number of hydrogen-bond acceptors (Lipinski definition) is 2. The number of rotatable bonds is 3. The third-order valence-electron chi connectivity index (χ3n) is 1.20. The number of aliphatic hydroxyl groups is 1. The maximum Gasteiger partial charge on any atom is 0.0982 e. The predicted molar refractivity (Wildman–Crippen MR) is 30.2 cm³/mol. The van der Waals surface area contributed by atoms with E-state index in [9.17, 15) is 4.39 Å². The zero-order valence-electron chi connectivity index (χ0n) is 5.02. The molecule has 1 atom stereocenters. The van der Waals surface area contributed by atoms with Crippen LogP contribution in [0.5, 0.6) is 0 Å². The van der Waals surface area contributed by atoms with Crippen molar-refractivity contribution in [2.45, 2.75) is 6.92 Å². The van der Waals surface area contributed by atoms with Crippen molar-refractivity contribution >= 4 is 0 Å². The van der Waals surface area contributed by atoms with E-state index in [-0.39, 0.29) is 13.2 Å². The summed E-state index contributed by atoms with van der Waals surface area (Å²) in [5, 5.41) is 8.47. The minimum absolute atomic E-state index is 0.181. The maximum atomic E-state index is 11.8. The first-order chi connectivity index (χ1) is 3.68. The van der Waals surface area contributed by atoms with Gasteiger partial charge in [-0.05, 0) is 0 Å². The first-order valence-electron chi connectivity index (χ1n) is 2.55. The molecule has 0 heterocycles. The molecule has 0 aromatic rings. The fourth-order valence-corrected chi connectivity index (χ4v) is 0.161. The van der Waals surface area contributed by atoms with Crippen LogP contribution in [0.2, 0.25) is 0 Å². The zero-order chi connectivity index (χ0) is 6.62. The largest absolute Gasteiger partial charge is 0.396 e. The molecule has 0 aliphatic rings. The molecule has 0 aliphatic heterocycles. The molecule has 1 unspecified atom stereocenters. The Morgan fingerprint density at radius 3 is 2.25 bits per heavy atom. The fraction of sp³-hybridized carbons (Fsp3) is 1.00. The molecule has 0 spiro atoms. The highest BCUT2D eigenvalue weighted by molar-refractivity contribution is 4.72. The molecule has 0 bridgehead atoms. The van der Waals surface area contributed by atoms with E-state index in [0.717, 1.165) is 0 Å². The van der Waals surface area contributed by atoms with E-state index in [1.165, 1.54) is 0 Å². The van der Waals surface area contributed by atoms with Gasteiger partial charge in [-0.1, -0.05) is 6.92 Å². The van der Waals surface area contributed by atoms with Gasteiger partial charge in [0.05, 0.1) is 13.3 Å². The minimum atomic E-state index is -0.708. The number of aliphatic hydroxyl groups excluding tert-OH is 1. The summed E-state index contributed by atoms with van der Waals surface area (Å²) >= 11 is 0. The van der Waals surface area contributed by atoms with E-state index in [4.69, 9.17) is 10.8 Å². The summed E-state index contributed by atoms with van der Waals surface area (Å²) in [5.74, 6) is 0. The van der Waals surface area contributed by atoms with E-state index in [2.05, 4.69) is 0 Å². The Bertz CT molecular complexity index is 55.2. The SMILES string of the molecule is CC(CN)(CO)CF. The molecule has 3 N–H and O–H groups in total.